The number of aliphatic carboxylic acids is 1. The van der Waals surface area contributed by atoms with Crippen LogP contribution in [0.5, 0.6) is 0 Å². The zero-order valence-corrected chi connectivity index (χ0v) is 12.6. The van der Waals surface area contributed by atoms with Crippen LogP contribution in [-0.4, -0.2) is 30.5 Å². The maximum absolute atomic E-state index is 12.1. The van der Waals surface area contributed by atoms with Crippen molar-refractivity contribution in [2.45, 2.75) is 31.2 Å². The average Bonchev–Trinajstić information content (AvgIpc) is 2.30. The fourth-order valence-electron chi connectivity index (χ4n) is 1.57. The van der Waals surface area contributed by atoms with Gasteiger partial charge in [0.05, 0.1) is 5.02 Å². The van der Waals surface area contributed by atoms with Crippen molar-refractivity contribution in [3.05, 3.63) is 17.3 Å². The van der Waals surface area contributed by atoms with Gasteiger partial charge in [-0.15, -0.1) is 0 Å². The largest absolute Gasteiger partial charge is 0.480 e. The highest BCUT2D eigenvalue weighted by Crippen LogP contribution is 2.21. The van der Waals surface area contributed by atoms with Gasteiger partial charge in [-0.25, -0.2) is 13.4 Å². The molecule has 1 aromatic rings. The molecule has 9 heteroatoms. The summed E-state index contributed by atoms with van der Waals surface area (Å²) in [5.74, 6) is -1.49. The Kier molecular flexibility index (Phi) is 5.32. The van der Waals surface area contributed by atoms with Crippen LogP contribution in [0.4, 0.5) is 5.82 Å². The third-order valence-corrected chi connectivity index (χ3v) is 4.15. The van der Waals surface area contributed by atoms with Crippen LogP contribution in [0, 0.1) is 5.92 Å². The van der Waals surface area contributed by atoms with Crippen LogP contribution in [0.15, 0.2) is 17.2 Å². The zero-order chi connectivity index (χ0) is 15.5. The molecule has 0 aliphatic rings. The molecule has 0 radical (unpaired) electrons. The molecule has 7 nitrogen and oxygen atoms in total. The van der Waals surface area contributed by atoms with E-state index in [2.05, 4.69) is 9.71 Å². The fraction of sp³-hybridized carbons (Fsp3) is 0.455. The fourth-order valence-corrected chi connectivity index (χ4v) is 3.10. The van der Waals surface area contributed by atoms with E-state index in [0.717, 1.165) is 6.07 Å². The molecular formula is C11H16ClN3O4S. The van der Waals surface area contributed by atoms with E-state index >= 15 is 0 Å². The maximum Gasteiger partial charge on any atom is 0.321 e. The lowest BCUT2D eigenvalue weighted by Crippen LogP contribution is -2.41. The van der Waals surface area contributed by atoms with Crippen molar-refractivity contribution < 1.29 is 18.3 Å². The molecule has 0 saturated carbocycles. The second kappa shape index (κ2) is 6.38. The first-order valence-corrected chi connectivity index (χ1v) is 7.65. The lowest BCUT2D eigenvalue weighted by molar-refractivity contribution is -0.139. The molecule has 0 spiro atoms. The van der Waals surface area contributed by atoms with Gasteiger partial charge in [-0.05, 0) is 18.4 Å². The number of carboxylic acid groups (broad SMARTS) is 1. The van der Waals surface area contributed by atoms with Gasteiger partial charge in [-0.3, -0.25) is 4.79 Å². The van der Waals surface area contributed by atoms with E-state index in [1.54, 1.807) is 13.8 Å². The summed E-state index contributed by atoms with van der Waals surface area (Å²) < 4.78 is 26.4. The number of aromatic nitrogens is 1. The van der Waals surface area contributed by atoms with Crippen molar-refractivity contribution in [3.63, 3.8) is 0 Å². The number of carboxylic acids is 1. The first-order valence-electron chi connectivity index (χ1n) is 5.79. The number of pyridine rings is 1. The molecule has 20 heavy (non-hydrogen) atoms. The van der Waals surface area contributed by atoms with Crippen LogP contribution in [-0.2, 0) is 14.8 Å². The molecule has 112 valence electrons. The van der Waals surface area contributed by atoms with Crippen molar-refractivity contribution in [1.82, 2.24) is 9.71 Å². The third kappa shape index (κ3) is 4.32. The quantitative estimate of drug-likeness (QED) is 0.721. The SMILES string of the molecule is CC(C)CC(NS(=O)(=O)c1cc(Cl)cnc1N)C(=O)O. The molecule has 1 atom stereocenters. The molecule has 0 bridgehead atoms. The van der Waals surface area contributed by atoms with Gasteiger partial charge in [0.2, 0.25) is 10.0 Å². The van der Waals surface area contributed by atoms with E-state index in [9.17, 15) is 13.2 Å². The minimum atomic E-state index is -4.11. The highest BCUT2D eigenvalue weighted by Gasteiger charge is 2.28. The van der Waals surface area contributed by atoms with E-state index in [4.69, 9.17) is 22.4 Å². The first kappa shape index (κ1) is 16.7. The Morgan fingerprint density at radius 2 is 2.15 bits per heavy atom. The normalized spacial score (nSPS) is 13.4. The molecule has 0 aliphatic heterocycles. The van der Waals surface area contributed by atoms with Crippen molar-refractivity contribution in [3.8, 4) is 0 Å². The number of rotatable bonds is 6. The molecule has 1 rings (SSSR count). The number of anilines is 1. The molecule has 4 N–H and O–H groups in total. The number of hydrogen-bond donors (Lipinski definition) is 3. The molecule has 1 heterocycles. The summed E-state index contributed by atoms with van der Waals surface area (Å²) in [6.07, 6.45) is 1.36. The van der Waals surface area contributed by atoms with Crippen LogP contribution in [0.1, 0.15) is 20.3 Å². The van der Waals surface area contributed by atoms with Crippen LogP contribution >= 0.6 is 11.6 Å². The Balaban J connectivity index is 3.09. The Morgan fingerprint density at radius 1 is 1.55 bits per heavy atom. The maximum atomic E-state index is 12.1. The number of halogens is 1. The van der Waals surface area contributed by atoms with E-state index < -0.39 is 22.0 Å². The summed E-state index contributed by atoms with van der Waals surface area (Å²) in [4.78, 5) is 14.4. The summed E-state index contributed by atoms with van der Waals surface area (Å²) in [6.45, 7) is 3.58. The van der Waals surface area contributed by atoms with Gasteiger partial charge in [-0.1, -0.05) is 25.4 Å². The number of nitrogens with one attached hydrogen (secondary N) is 1. The highest BCUT2D eigenvalue weighted by atomic mass is 35.5. The van der Waals surface area contributed by atoms with E-state index in [1.165, 1.54) is 6.20 Å². The summed E-state index contributed by atoms with van der Waals surface area (Å²) in [5.41, 5.74) is 5.49. The Bertz CT molecular complexity index is 604. The molecule has 1 unspecified atom stereocenters. The summed E-state index contributed by atoms with van der Waals surface area (Å²) >= 11 is 5.68. The molecule has 0 fully saturated rings. The average molecular weight is 322 g/mol. The van der Waals surface area contributed by atoms with Gasteiger partial charge in [0, 0.05) is 6.20 Å². The summed E-state index contributed by atoms with van der Waals surface area (Å²) in [7, 11) is -4.11. The van der Waals surface area contributed by atoms with Crippen LogP contribution in [0.25, 0.3) is 0 Å². The van der Waals surface area contributed by atoms with Crippen LogP contribution in [0.2, 0.25) is 5.02 Å². The number of nitrogens with zero attached hydrogens (tertiary/aromatic N) is 1. The predicted octanol–water partition coefficient (Wildman–Crippen LogP) is 1.09. The van der Waals surface area contributed by atoms with Crippen molar-refractivity contribution in [2.24, 2.45) is 5.92 Å². The van der Waals surface area contributed by atoms with E-state index in [-0.39, 0.29) is 28.1 Å². The molecule has 0 amide bonds. The Hall–Kier alpha value is -1.38. The minimum Gasteiger partial charge on any atom is -0.480 e. The lowest BCUT2D eigenvalue weighted by atomic mass is 10.1. The third-order valence-electron chi connectivity index (χ3n) is 2.44. The number of nitrogens with two attached hydrogens (primary N) is 1. The highest BCUT2D eigenvalue weighted by molar-refractivity contribution is 7.89. The standard InChI is InChI=1S/C11H16ClN3O4S/c1-6(2)3-8(11(16)17)15-20(18,19)9-4-7(12)5-14-10(9)13/h4-6,8,15H,3H2,1-2H3,(H2,13,14)(H,16,17). The van der Waals surface area contributed by atoms with Gasteiger partial charge in [0.15, 0.2) is 0 Å². The number of hydrogen-bond acceptors (Lipinski definition) is 5. The van der Waals surface area contributed by atoms with Crippen LogP contribution in [0.3, 0.4) is 0 Å². The second-order valence-electron chi connectivity index (χ2n) is 4.68. The van der Waals surface area contributed by atoms with Gasteiger partial charge < -0.3 is 10.8 Å². The number of sulfonamides is 1. The van der Waals surface area contributed by atoms with Gasteiger partial charge in [-0.2, -0.15) is 4.72 Å². The molecular weight excluding hydrogens is 306 g/mol. The molecule has 0 aliphatic carbocycles. The number of carbonyl (C=O) groups is 1. The van der Waals surface area contributed by atoms with E-state index in [1.807, 2.05) is 0 Å². The monoisotopic (exact) mass is 321 g/mol. The minimum absolute atomic E-state index is 0.00799. The Morgan fingerprint density at radius 3 is 2.65 bits per heavy atom. The van der Waals surface area contributed by atoms with Crippen molar-refractivity contribution in [1.29, 1.82) is 0 Å². The van der Waals surface area contributed by atoms with Gasteiger partial charge in [0.1, 0.15) is 16.8 Å². The van der Waals surface area contributed by atoms with Gasteiger partial charge >= 0.3 is 5.97 Å². The van der Waals surface area contributed by atoms with Crippen molar-refractivity contribution in [2.75, 3.05) is 5.73 Å². The lowest BCUT2D eigenvalue weighted by Gasteiger charge is -2.17. The summed E-state index contributed by atoms with van der Waals surface area (Å²) in [5, 5.41) is 9.15. The Labute approximate surface area is 122 Å². The topological polar surface area (TPSA) is 122 Å². The molecule has 0 aromatic carbocycles. The number of nitrogen functional groups attached to an aromatic ring is 1. The van der Waals surface area contributed by atoms with E-state index in [0.29, 0.717) is 0 Å². The van der Waals surface area contributed by atoms with Crippen LogP contribution < -0.4 is 10.5 Å². The zero-order valence-electron chi connectivity index (χ0n) is 11.0. The molecule has 1 aromatic heterocycles. The molecule has 0 saturated heterocycles. The van der Waals surface area contributed by atoms with Gasteiger partial charge in [0.25, 0.3) is 0 Å². The van der Waals surface area contributed by atoms with Crippen molar-refractivity contribution >= 4 is 33.4 Å². The predicted molar refractivity (Wildman–Crippen MR) is 74.9 cm³/mol. The summed E-state index contributed by atoms with van der Waals surface area (Å²) in [6, 6.07) is -0.112. The smallest absolute Gasteiger partial charge is 0.321 e. The first-order chi connectivity index (χ1) is 9.13. The second-order valence-corrected chi connectivity index (χ2v) is 6.80.